The van der Waals surface area contributed by atoms with E-state index in [0.29, 0.717) is 0 Å². The topological polar surface area (TPSA) is 0 Å². The molecule has 0 bridgehead atoms. The summed E-state index contributed by atoms with van der Waals surface area (Å²) in [7, 11) is 0. The average Bonchev–Trinajstić information content (AvgIpc) is 2.45. The van der Waals surface area contributed by atoms with Crippen LogP contribution >= 0.6 is 0 Å². The highest BCUT2D eigenvalue weighted by Gasteiger charge is 2.20. The molecule has 2 rings (SSSR count). The molecule has 0 heteroatoms. The van der Waals surface area contributed by atoms with E-state index in [1.54, 1.807) is 0 Å². The molecule has 0 amide bonds. The maximum atomic E-state index is 2.44. The molecule has 84 valence electrons. The molecule has 0 fully saturated rings. The quantitative estimate of drug-likeness (QED) is 0.535. The van der Waals surface area contributed by atoms with Crippen LogP contribution in [0.15, 0.2) is 24.3 Å². The SMILES string of the molecule is C1=CCC(C2C/C=C\CCCC2)CCC1. The molecule has 2 unspecified atom stereocenters. The fourth-order valence-electron chi connectivity index (χ4n) is 3.04. The fourth-order valence-corrected chi connectivity index (χ4v) is 3.04. The van der Waals surface area contributed by atoms with Crippen molar-refractivity contribution in [3.05, 3.63) is 24.3 Å². The van der Waals surface area contributed by atoms with Crippen LogP contribution in [-0.2, 0) is 0 Å². The Kier molecular flexibility index (Phi) is 4.50. The first kappa shape index (κ1) is 11.0. The molecule has 0 aromatic heterocycles. The van der Waals surface area contributed by atoms with Crippen molar-refractivity contribution in [1.82, 2.24) is 0 Å². The Morgan fingerprint density at radius 2 is 1.20 bits per heavy atom. The van der Waals surface area contributed by atoms with Crippen LogP contribution < -0.4 is 0 Å². The van der Waals surface area contributed by atoms with E-state index in [9.17, 15) is 0 Å². The number of rotatable bonds is 1. The molecule has 2 atom stereocenters. The van der Waals surface area contributed by atoms with Gasteiger partial charge in [0.05, 0.1) is 0 Å². The molecule has 0 aromatic carbocycles. The summed E-state index contributed by atoms with van der Waals surface area (Å²) in [6.07, 6.45) is 22.2. The summed E-state index contributed by atoms with van der Waals surface area (Å²) in [5.74, 6) is 1.95. The van der Waals surface area contributed by atoms with Crippen LogP contribution in [0.1, 0.15) is 57.8 Å². The Hall–Kier alpha value is -0.520. The summed E-state index contributed by atoms with van der Waals surface area (Å²) in [5.41, 5.74) is 0. The van der Waals surface area contributed by atoms with Gasteiger partial charge < -0.3 is 0 Å². The van der Waals surface area contributed by atoms with Crippen molar-refractivity contribution < 1.29 is 0 Å². The van der Waals surface area contributed by atoms with Gasteiger partial charge in [0.25, 0.3) is 0 Å². The zero-order valence-electron chi connectivity index (χ0n) is 9.83. The van der Waals surface area contributed by atoms with Crippen molar-refractivity contribution in [3.8, 4) is 0 Å². The predicted octanol–water partition coefficient (Wildman–Crippen LogP) is 4.87. The Morgan fingerprint density at radius 3 is 1.93 bits per heavy atom. The molecule has 0 saturated carbocycles. The zero-order chi connectivity index (χ0) is 10.3. The van der Waals surface area contributed by atoms with E-state index in [1.165, 1.54) is 57.8 Å². The Morgan fingerprint density at radius 1 is 0.600 bits per heavy atom. The standard InChI is InChI=1S/C15H24/c1-2-6-10-14(11-7-3-1)15-12-8-4-5-9-13-15/h2,4,6,8,14-15H,1,3,5,7,9-13H2/b6-2-. The van der Waals surface area contributed by atoms with Crippen molar-refractivity contribution in [3.63, 3.8) is 0 Å². The largest absolute Gasteiger partial charge is 0.0885 e. The van der Waals surface area contributed by atoms with E-state index in [0.717, 1.165) is 11.8 Å². The van der Waals surface area contributed by atoms with Crippen LogP contribution in [0.25, 0.3) is 0 Å². The second-order valence-corrected chi connectivity index (χ2v) is 5.15. The molecule has 15 heavy (non-hydrogen) atoms. The number of hydrogen-bond donors (Lipinski definition) is 0. The number of hydrogen-bond acceptors (Lipinski definition) is 0. The molecular weight excluding hydrogens is 180 g/mol. The van der Waals surface area contributed by atoms with E-state index in [2.05, 4.69) is 24.3 Å². The van der Waals surface area contributed by atoms with Gasteiger partial charge in [-0.15, -0.1) is 0 Å². The lowest BCUT2D eigenvalue weighted by Crippen LogP contribution is -2.14. The van der Waals surface area contributed by atoms with Gasteiger partial charge in [-0.3, -0.25) is 0 Å². The lowest BCUT2D eigenvalue weighted by atomic mass is 9.80. The summed E-state index contributed by atoms with van der Waals surface area (Å²) in [6.45, 7) is 0. The minimum Gasteiger partial charge on any atom is -0.0885 e. The van der Waals surface area contributed by atoms with Crippen molar-refractivity contribution in [2.24, 2.45) is 11.8 Å². The molecule has 0 aliphatic heterocycles. The third kappa shape index (κ3) is 3.52. The molecule has 0 spiro atoms. The third-order valence-electron chi connectivity index (χ3n) is 4.02. The first-order valence-corrected chi connectivity index (χ1v) is 6.77. The lowest BCUT2D eigenvalue weighted by Gasteiger charge is -2.25. The second kappa shape index (κ2) is 6.15. The fraction of sp³-hybridized carbons (Fsp3) is 0.733. The summed E-state index contributed by atoms with van der Waals surface area (Å²) >= 11 is 0. The van der Waals surface area contributed by atoms with Crippen LogP contribution in [-0.4, -0.2) is 0 Å². The Bertz CT molecular complexity index is 224. The van der Waals surface area contributed by atoms with Gasteiger partial charge in [0.15, 0.2) is 0 Å². The minimum atomic E-state index is 0.976. The summed E-state index contributed by atoms with van der Waals surface area (Å²) in [4.78, 5) is 0. The van der Waals surface area contributed by atoms with Crippen molar-refractivity contribution >= 4 is 0 Å². The van der Waals surface area contributed by atoms with Gasteiger partial charge in [0, 0.05) is 0 Å². The predicted molar refractivity (Wildman–Crippen MR) is 66.8 cm³/mol. The van der Waals surface area contributed by atoms with Gasteiger partial charge in [-0.2, -0.15) is 0 Å². The number of allylic oxidation sites excluding steroid dienone is 4. The highest BCUT2D eigenvalue weighted by Crippen LogP contribution is 2.32. The maximum Gasteiger partial charge on any atom is -0.0319 e. The van der Waals surface area contributed by atoms with Crippen molar-refractivity contribution in [2.45, 2.75) is 57.8 Å². The van der Waals surface area contributed by atoms with Crippen LogP contribution in [0.4, 0.5) is 0 Å². The summed E-state index contributed by atoms with van der Waals surface area (Å²) < 4.78 is 0. The van der Waals surface area contributed by atoms with Crippen LogP contribution in [0.2, 0.25) is 0 Å². The average molecular weight is 204 g/mol. The molecule has 0 N–H and O–H groups in total. The van der Waals surface area contributed by atoms with Gasteiger partial charge in [-0.1, -0.05) is 30.7 Å². The summed E-state index contributed by atoms with van der Waals surface area (Å²) in [5, 5.41) is 0. The third-order valence-corrected chi connectivity index (χ3v) is 4.02. The molecule has 0 aromatic rings. The highest BCUT2D eigenvalue weighted by atomic mass is 14.3. The van der Waals surface area contributed by atoms with Crippen LogP contribution in [0, 0.1) is 11.8 Å². The Labute approximate surface area is 94.5 Å². The Balaban J connectivity index is 1.91. The second-order valence-electron chi connectivity index (χ2n) is 5.15. The molecule has 2 aliphatic carbocycles. The maximum absolute atomic E-state index is 2.44. The van der Waals surface area contributed by atoms with Gasteiger partial charge in [0.2, 0.25) is 0 Å². The summed E-state index contributed by atoms with van der Waals surface area (Å²) in [6, 6.07) is 0. The lowest BCUT2D eigenvalue weighted by molar-refractivity contribution is 0.287. The van der Waals surface area contributed by atoms with Gasteiger partial charge in [-0.25, -0.2) is 0 Å². The van der Waals surface area contributed by atoms with E-state index < -0.39 is 0 Å². The molecule has 0 saturated heterocycles. The van der Waals surface area contributed by atoms with Gasteiger partial charge in [-0.05, 0) is 63.2 Å². The van der Waals surface area contributed by atoms with E-state index in [4.69, 9.17) is 0 Å². The van der Waals surface area contributed by atoms with E-state index in [1.807, 2.05) is 0 Å². The zero-order valence-corrected chi connectivity index (χ0v) is 9.83. The van der Waals surface area contributed by atoms with Crippen molar-refractivity contribution in [2.75, 3.05) is 0 Å². The van der Waals surface area contributed by atoms with Crippen molar-refractivity contribution in [1.29, 1.82) is 0 Å². The highest BCUT2D eigenvalue weighted by molar-refractivity contribution is 4.93. The molecular formula is C15H24. The van der Waals surface area contributed by atoms with E-state index >= 15 is 0 Å². The smallest absolute Gasteiger partial charge is 0.0319 e. The molecule has 0 radical (unpaired) electrons. The molecule has 0 heterocycles. The monoisotopic (exact) mass is 204 g/mol. The molecule has 0 nitrogen and oxygen atoms in total. The molecule has 2 aliphatic rings. The van der Waals surface area contributed by atoms with Crippen LogP contribution in [0.5, 0.6) is 0 Å². The first-order chi connectivity index (χ1) is 7.47. The van der Waals surface area contributed by atoms with Gasteiger partial charge in [0.1, 0.15) is 0 Å². The van der Waals surface area contributed by atoms with Crippen LogP contribution in [0.3, 0.4) is 0 Å². The normalized spacial score (nSPS) is 35.2. The van der Waals surface area contributed by atoms with E-state index in [-0.39, 0.29) is 0 Å². The minimum absolute atomic E-state index is 0.976. The first-order valence-electron chi connectivity index (χ1n) is 6.77. The van der Waals surface area contributed by atoms with Gasteiger partial charge >= 0.3 is 0 Å².